The number of aromatic amines is 1. The Labute approximate surface area is 169 Å². The third-order valence-electron chi connectivity index (χ3n) is 4.73. The maximum atomic E-state index is 10.3. The molecule has 5 nitrogen and oxygen atoms in total. The van der Waals surface area contributed by atoms with Crippen molar-refractivity contribution < 1.29 is 15.3 Å². The van der Waals surface area contributed by atoms with Gasteiger partial charge in [0.05, 0.1) is 24.9 Å². The monoisotopic (exact) mass is 398 g/mol. The van der Waals surface area contributed by atoms with E-state index in [0.717, 1.165) is 26.7 Å². The molecule has 6 N–H and O–H groups in total. The maximum Gasteiger partial charge on any atom is 0.0809 e. The van der Waals surface area contributed by atoms with Crippen LogP contribution in [-0.4, -0.2) is 39.1 Å². The van der Waals surface area contributed by atoms with E-state index in [1.54, 1.807) is 11.8 Å². The fourth-order valence-electron chi connectivity index (χ4n) is 2.95. The standard InChI is InChI=1S/C22H26N2O3S/c1-15-2-11-20(24-15)16-3-7-18(8-4-16)28-19-9-5-17(6-10-19)21(27)12-22(23,13-25)14-26/h2-11,21,24-27H,12-14,23H2,1H3. The number of aromatic nitrogens is 1. The lowest BCUT2D eigenvalue weighted by molar-refractivity contribution is 0.0618. The van der Waals surface area contributed by atoms with Crippen LogP contribution in [0.2, 0.25) is 0 Å². The van der Waals surface area contributed by atoms with Gasteiger partial charge < -0.3 is 26.0 Å². The van der Waals surface area contributed by atoms with Crippen LogP contribution in [0.25, 0.3) is 11.3 Å². The summed E-state index contributed by atoms with van der Waals surface area (Å²) < 4.78 is 0. The molecule has 148 valence electrons. The minimum absolute atomic E-state index is 0.0895. The average molecular weight is 399 g/mol. The van der Waals surface area contributed by atoms with E-state index in [0.29, 0.717) is 5.56 Å². The Balaban J connectivity index is 1.64. The lowest BCUT2D eigenvalue weighted by atomic mass is 9.92. The zero-order valence-electron chi connectivity index (χ0n) is 15.8. The summed E-state index contributed by atoms with van der Waals surface area (Å²) in [6, 6.07) is 20.1. The average Bonchev–Trinajstić information content (AvgIpc) is 3.15. The molecule has 3 aromatic rings. The van der Waals surface area contributed by atoms with Gasteiger partial charge in [-0.25, -0.2) is 0 Å². The van der Waals surface area contributed by atoms with Crippen LogP contribution in [0.15, 0.2) is 70.5 Å². The van der Waals surface area contributed by atoms with Crippen LogP contribution in [0.5, 0.6) is 0 Å². The van der Waals surface area contributed by atoms with E-state index in [-0.39, 0.29) is 19.6 Å². The molecule has 1 atom stereocenters. The molecular weight excluding hydrogens is 372 g/mol. The molecule has 0 saturated carbocycles. The van der Waals surface area contributed by atoms with Crippen molar-refractivity contribution in [2.75, 3.05) is 13.2 Å². The van der Waals surface area contributed by atoms with Gasteiger partial charge in [0.2, 0.25) is 0 Å². The predicted molar refractivity (Wildman–Crippen MR) is 112 cm³/mol. The molecule has 1 aromatic heterocycles. The smallest absolute Gasteiger partial charge is 0.0809 e. The summed E-state index contributed by atoms with van der Waals surface area (Å²) in [6.45, 7) is 1.27. The van der Waals surface area contributed by atoms with Crippen molar-refractivity contribution in [2.24, 2.45) is 5.73 Å². The minimum Gasteiger partial charge on any atom is -0.394 e. The van der Waals surface area contributed by atoms with Gasteiger partial charge in [-0.05, 0) is 60.9 Å². The minimum atomic E-state index is -1.19. The fraction of sp³-hybridized carbons (Fsp3) is 0.273. The molecule has 0 amide bonds. The first-order chi connectivity index (χ1) is 13.4. The van der Waals surface area contributed by atoms with Gasteiger partial charge >= 0.3 is 0 Å². The maximum absolute atomic E-state index is 10.3. The van der Waals surface area contributed by atoms with E-state index in [1.807, 2.05) is 31.2 Å². The summed E-state index contributed by atoms with van der Waals surface area (Å²) in [5.74, 6) is 0. The Morgan fingerprint density at radius 2 is 1.50 bits per heavy atom. The van der Waals surface area contributed by atoms with Gasteiger partial charge in [0.15, 0.2) is 0 Å². The van der Waals surface area contributed by atoms with Crippen LogP contribution < -0.4 is 5.73 Å². The molecule has 1 unspecified atom stereocenters. The van der Waals surface area contributed by atoms with Gasteiger partial charge in [-0.1, -0.05) is 36.0 Å². The molecular formula is C22H26N2O3S. The second-order valence-electron chi connectivity index (χ2n) is 7.15. The normalized spacial score (nSPS) is 12.9. The highest BCUT2D eigenvalue weighted by atomic mass is 32.2. The number of hydrogen-bond acceptors (Lipinski definition) is 5. The zero-order valence-corrected chi connectivity index (χ0v) is 16.6. The summed E-state index contributed by atoms with van der Waals surface area (Å²) >= 11 is 1.64. The molecule has 6 heteroatoms. The summed E-state index contributed by atoms with van der Waals surface area (Å²) in [6.07, 6.45) is -0.751. The van der Waals surface area contributed by atoms with Gasteiger partial charge in [0.25, 0.3) is 0 Å². The number of nitrogens with two attached hydrogens (primary N) is 1. The number of H-pyrrole nitrogens is 1. The summed E-state index contributed by atoms with van der Waals surface area (Å²) in [5.41, 5.74) is 8.77. The largest absolute Gasteiger partial charge is 0.394 e. The number of rotatable bonds is 8. The number of aryl methyl sites for hydroxylation is 1. The molecule has 0 aliphatic rings. The van der Waals surface area contributed by atoms with Crippen molar-refractivity contribution in [1.29, 1.82) is 0 Å². The SMILES string of the molecule is Cc1ccc(-c2ccc(Sc3ccc(C(O)CC(N)(CO)CO)cc3)cc2)[nH]1. The summed E-state index contributed by atoms with van der Waals surface area (Å²) in [4.78, 5) is 5.52. The number of nitrogens with one attached hydrogen (secondary N) is 1. The fourth-order valence-corrected chi connectivity index (χ4v) is 3.77. The molecule has 0 aliphatic heterocycles. The Morgan fingerprint density at radius 3 is 2.00 bits per heavy atom. The van der Waals surface area contributed by atoms with Gasteiger partial charge in [-0.15, -0.1) is 0 Å². The van der Waals surface area contributed by atoms with Gasteiger partial charge in [0.1, 0.15) is 0 Å². The second-order valence-corrected chi connectivity index (χ2v) is 8.30. The van der Waals surface area contributed by atoms with Crippen LogP contribution >= 0.6 is 11.8 Å². The highest BCUT2D eigenvalue weighted by Crippen LogP contribution is 2.31. The number of aliphatic hydroxyl groups excluding tert-OH is 3. The quantitative estimate of drug-likeness (QED) is 0.401. The molecule has 0 saturated heterocycles. The third-order valence-corrected chi connectivity index (χ3v) is 5.74. The highest BCUT2D eigenvalue weighted by Gasteiger charge is 2.27. The van der Waals surface area contributed by atoms with Crippen LogP contribution in [0.4, 0.5) is 0 Å². The van der Waals surface area contributed by atoms with Crippen LogP contribution in [-0.2, 0) is 0 Å². The van der Waals surface area contributed by atoms with Crippen LogP contribution in [0, 0.1) is 6.92 Å². The zero-order chi connectivity index (χ0) is 20.1. The van der Waals surface area contributed by atoms with Crippen LogP contribution in [0.1, 0.15) is 23.8 Å². The molecule has 0 spiro atoms. The molecule has 0 bridgehead atoms. The Hall–Kier alpha value is -2.09. The van der Waals surface area contributed by atoms with Crippen molar-refractivity contribution in [3.8, 4) is 11.3 Å². The number of hydrogen-bond donors (Lipinski definition) is 5. The van der Waals surface area contributed by atoms with E-state index in [9.17, 15) is 15.3 Å². The van der Waals surface area contributed by atoms with Crippen LogP contribution in [0.3, 0.4) is 0 Å². The van der Waals surface area contributed by atoms with E-state index >= 15 is 0 Å². The van der Waals surface area contributed by atoms with Crippen molar-refractivity contribution in [1.82, 2.24) is 4.98 Å². The van der Waals surface area contributed by atoms with E-state index < -0.39 is 11.6 Å². The number of aliphatic hydroxyl groups is 3. The predicted octanol–water partition coefficient (Wildman–Crippen LogP) is 3.25. The molecule has 1 heterocycles. The summed E-state index contributed by atoms with van der Waals surface area (Å²) in [7, 11) is 0. The van der Waals surface area contributed by atoms with Gasteiger partial charge in [0, 0.05) is 21.2 Å². The van der Waals surface area contributed by atoms with E-state index in [4.69, 9.17) is 5.73 Å². The second kappa shape index (κ2) is 8.94. The summed E-state index contributed by atoms with van der Waals surface area (Å²) in [5, 5.41) is 28.9. The highest BCUT2D eigenvalue weighted by molar-refractivity contribution is 7.99. The van der Waals surface area contributed by atoms with Crippen molar-refractivity contribution in [3.05, 3.63) is 71.9 Å². The van der Waals surface area contributed by atoms with Crippen molar-refractivity contribution >= 4 is 11.8 Å². The topological polar surface area (TPSA) is 102 Å². The molecule has 0 fully saturated rings. The van der Waals surface area contributed by atoms with Crippen molar-refractivity contribution in [3.63, 3.8) is 0 Å². The Morgan fingerprint density at radius 1 is 0.929 bits per heavy atom. The molecule has 3 rings (SSSR count). The first-order valence-corrected chi connectivity index (χ1v) is 9.97. The van der Waals surface area contributed by atoms with Crippen molar-refractivity contribution in [2.45, 2.75) is 34.8 Å². The lowest BCUT2D eigenvalue weighted by Gasteiger charge is -2.27. The lowest BCUT2D eigenvalue weighted by Crippen LogP contribution is -2.48. The first kappa shape index (κ1) is 20.6. The van der Waals surface area contributed by atoms with E-state index in [2.05, 4.69) is 41.4 Å². The van der Waals surface area contributed by atoms with E-state index in [1.165, 1.54) is 0 Å². The Bertz CT molecular complexity index is 887. The molecule has 28 heavy (non-hydrogen) atoms. The van der Waals surface area contributed by atoms with Gasteiger partial charge in [-0.3, -0.25) is 0 Å². The Kier molecular flexibility index (Phi) is 6.59. The third kappa shape index (κ3) is 5.04. The van der Waals surface area contributed by atoms with Gasteiger partial charge in [-0.2, -0.15) is 0 Å². The molecule has 2 aromatic carbocycles. The molecule has 0 aliphatic carbocycles. The molecule has 0 radical (unpaired) electrons. The first-order valence-electron chi connectivity index (χ1n) is 9.15. The number of benzene rings is 2.